The molecule has 15 heteroatoms. The average molecular weight is 906 g/mol. The highest BCUT2D eigenvalue weighted by atomic mass is 16.2. The number of nitrogens with one attached hydrogen (secondary N) is 3. The summed E-state index contributed by atoms with van der Waals surface area (Å²) in [5.74, 6) is -3.76. The van der Waals surface area contributed by atoms with Crippen molar-refractivity contribution in [3.63, 3.8) is 0 Å². The smallest absolute Gasteiger partial charge is 0.265 e. The standard InChI is InChI=1S/C53H43N7O8/c1-57(25-22-55-24-27-59-50(65)39-16-4-10-32-11-5-17-40(44(32)39)51(59)66)47(62)35-28-34(29-36(30-35)60-52(67)41-18-6-12-33-13-7-19-42(45(33)41)53(60)68)46(61)56-21-20-54-23-26-58-48(63)37-14-2-8-31-9-3-15-38(43(31)37)49(58)64/h2-19,28-30,54-55H,20-27H2,1H3,(H,56,61). The molecule has 338 valence electrons. The van der Waals surface area contributed by atoms with Gasteiger partial charge in [0.1, 0.15) is 0 Å². The van der Waals surface area contributed by atoms with E-state index in [4.69, 9.17) is 0 Å². The van der Waals surface area contributed by atoms with Gasteiger partial charge < -0.3 is 20.9 Å². The zero-order valence-electron chi connectivity index (χ0n) is 36.8. The molecular weight excluding hydrogens is 863 g/mol. The van der Waals surface area contributed by atoms with Gasteiger partial charge in [-0.15, -0.1) is 0 Å². The number of hydrogen-bond acceptors (Lipinski definition) is 10. The van der Waals surface area contributed by atoms with Crippen LogP contribution >= 0.6 is 0 Å². The van der Waals surface area contributed by atoms with Gasteiger partial charge in [-0.3, -0.25) is 48.2 Å². The summed E-state index contributed by atoms with van der Waals surface area (Å²) in [4.78, 5) is 114. The Bertz CT molecular complexity index is 3200. The first kappa shape index (κ1) is 43.5. The van der Waals surface area contributed by atoms with Crippen molar-refractivity contribution < 1.29 is 38.4 Å². The second-order valence-corrected chi connectivity index (χ2v) is 16.8. The maximum atomic E-state index is 14.1. The molecule has 0 saturated heterocycles. The van der Waals surface area contributed by atoms with Crippen LogP contribution in [0.1, 0.15) is 82.9 Å². The molecule has 10 rings (SSSR count). The van der Waals surface area contributed by atoms with Crippen molar-refractivity contribution in [2.24, 2.45) is 0 Å². The fraction of sp³-hybridized carbons (Fsp3) is 0.170. The van der Waals surface area contributed by atoms with Crippen LogP contribution in [-0.2, 0) is 0 Å². The van der Waals surface area contributed by atoms with Crippen molar-refractivity contribution in [2.45, 2.75) is 0 Å². The minimum Gasteiger partial charge on any atom is -0.351 e. The fourth-order valence-electron chi connectivity index (χ4n) is 9.39. The molecule has 0 aliphatic carbocycles. The van der Waals surface area contributed by atoms with E-state index < -0.39 is 23.6 Å². The van der Waals surface area contributed by atoms with E-state index in [0.717, 1.165) is 21.1 Å². The first-order valence-electron chi connectivity index (χ1n) is 22.3. The number of imide groups is 3. The molecule has 3 aliphatic heterocycles. The van der Waals surface area contributed by atoms with E-state index in [-0.39, 0.29) is 92.8 Å². The van der Waals surface area contributed by atoms with Crippen molar-refractivity contribution in [2.75, 3.05) is 64.3 Å². The Balaban J connectivity index is 0.802. The van der Waals surface area contributed by atoms with E-state index in [9.17, 15) is 38.4 Å². The van der Waals surface area contributed by atoms with Gasteiger partial charge in [0.2, 0.25) is 0 Å². The van der Waals surface area contributed by atoms with E-state index >= 15 is 0 Å². The largest absolute Gasteiger partial charge is 0.351 e. The Morgan fingerprint density at radius 2 is 0.838 bits per heavy atom. The molecule has 7 aromatic rings. The van der Waals surface area contributed by atoms with Crippen LogP contribution in [0.15, 0.2) is 127 Å². The Morgan fingerprint density at radius 1 is 0.456 bits per heavy atom. The summed E-state index contributed by atoms with van der Waals surface area (Å²) in [7, 11) is 1.58. The van der Waals surface area contributed by atoms with Gasteiger partial charge in [0.05, 0.1) is 5.69 Å². The molecular formula is C53H43N7O8. The molecule has 15 nitrogen and oxygen atoms in total. The number of anilines is 1. The summed E-state index contributed by atoms with van der Waals surface area (Å²) in [6.45, 7) is 1.60. The molecule has 0 atom stereocenters. The first-order chi connectivity index (χ1) is 33.0. The quantitative estimate of drug-likeness (QED) is 0.0875. The number of rotatable bonds is 15. The lowest BCUT2D eigenvalue weighted by Crippen LogP contribution is -2.44. The lowest BCUT2D eigenvalue weighted by molar-refractivity contribution is 0.0596. The molecule has 7 aromatic carbocycles. The van der Waals surface area contributed by atoms with Crippen LogP contribution in [0, 0.1) is 0 Å². The lowest BCUT2D eigenvalue weighted by Gasteiger charge is -2.28. The second kappa shape index (κ2) is 17.8. The third-order valence-corrected chi connectivity index (χ3v) is 12.8. The molecule has 8 amide bonds. The maximum absolute atomic E-state index is 14.1. The summed E-state index contributed by atoms with van der Waals surface area (Å²) in [6, 6.07) is 36.1. The average Bonchev–Trinajstić information content (AvgIpc) is 3.36. The highest BCUT2D eigenvalue weighted by molar-refractivity contribution is 6.36. The molecule has 0 radical (unpaired) electrons. The molecule has 0 unspecified atom stereocenters. The summed E-state index contributed by atoms with van der Waals surface area (Å²) in [6.07, 6.45) is 0. The number of nitrogens with zero attached hydrogens (tertiary/aromatic N) is 4. The molecule has 0 saturated carbocycles. The van der Waals surface area contributed by atoms with Gasteiger partial charge in [-0.1, -0.05) is 72.8 Å². The van der Waals surface area contributed by atoms with Crippen molar-refractivity contribution >= 4 is 85.3 Å². The topological polar surface area (TPSA) is 186 Å². The lowest BCUT2D eigenvalue weighted by atomic mass is 9.93. The molecule has 0 aromatic heterocycles. The van der Waals surface area contributed by atoms with Crippen LogP contribution in [-0.4, -0.2) is 121 Å². The summed E-state index contributed by atoms with van der Waals surface area (Å²) >= 11 is 0. The summed E-state index contributed by atoms with van der Waals surface area (Å²) < 4.78 is 0. The van der Waals surface area contributed by atoms with Crippen molar-refractivity contribution in [3.05, 3.63) is 172 Å². The second-order valence-electron chi connectivity index (χ2n) is 16.8. The van der Waals surface area contributed by atoms with Gasteiger partial charge in [-0.2, -0.15) is 0 Å². The third kappa shape index (κ3) is 7.52. The molecule has 0 bridgehead atoms. The van der Waals surface area contributed by atoms with Crippen LogP contribution < -0.4 is 20.9 Å². The Morgan fingerprint density at radius 3 is 1.26 bits per heavy atom. The van der Waals surface area contributed by atoms with E-state index in [1.54, 1.807) is 79.8 Å². The molecule has 3 aliphatic rings. The predicted octanol–water partition coefficient (Wildman–Crippen LogP) is 5.52. The van der Waals surface area contributed by atoms with Gasteiger partial charge in [0.25, 0.3) is 47.3 Å². The van der Waals surface area contributed by atoms with Gasteiger partial charge in [-0.05, 0) is 70.8 Å². The summed E-state index contributed by atoms with van der Waals surface area (Å²) in [5, 5.41) is 13.4. The van der Waals surface area contributed by atoms with E-state index in [0.29, 0.717) is 49.5 Å². The van der Waals surface area contributed by atoms with E-state index in [2.05, 4.69) is 16.0 Å². The minimum atomic E-state index is -0.603. The fourth-order valence-corrected chi connectivity index (χ4v) is 9.39. The van der Waals surface area contributed by atoms with Gasteiger partial charge in [0, 0.05) is 120 Å². The predicted molar refractivity (Wildman–Crippen MR) is 255 cm³/mol. The van der Waals surface area contributed by atoms with Crippen LogP contribution in [0.3, 0.4) is 0 Å². The normalized spacial score (nSPS) is 14.2. The van der Waals surface area contributed by atoms with Crippen LogP contribution in [0.4, 0.5) is 5.69 Å². The van der Waals surface area contributed by atoms with Crippen LogP contribution in [0.5, 0.6) is 0 Å². The number of benzene rings is 7. The van der Waals surface area contributed by atoms with Crippen LogP contribution in [0.25, 0.3) is 32.3 Å². The monoisotopic (exact) mass is 905 g/mol. The molecule has 68 heavy (non-hydrogen) atoms. The van der Waals surface area contributed by atoms with Crippen LogP contribution in [0.2, 0.25) is 0 Å². The van der Waals surface area contributed by atoms with E-state index in [1.807, 2.05) is 36.4 Å². The first-order valence-corrected chi connectivity index (χ1v) is 22.3. The Labute approximate surface area is 389 Å². The van der Waals surface area contributed by atoms with Crippen molar-refractivity contribution in [3.8, 4) is 0 Å². The zero-order chi connectivity index (χ0) is 47.2. The number of hydrogen-bond donors (Lipinski definition) is 3. The van der Waals surface area contributed by atoms with Gasteiger partial charge in [-0.25, -0.2) is 4.90 Å². The van der Waals surface area contributed by atoms with Crippen molar-refractivity contribution in [1.82, 2.24) is 30.7 Å². The highest BCUT2D eigenvalue weighted by Gasteiger charge is 2.36. The molecule has 3 N–H and O–H groups in total. The molecule has 3 heterocycles. The third-order valence-electron chi connectivity index (χ3n) is 12.8. The number of carbonyl (C=O) groups excluding carboxylic acids is 8. The van der Waals surface area contributed by atoms with Crippen molar-refractivity contribution in [1.29, 1.82) is 0 Å². The van der Waals surface area contributed by atoms with E-state index in [1.165, 1.54) is 32.9 Å². The van der Waals surface area contributed by atoms with Gasteiger partial charge in [0.15, 0.2) is 0 Å². The Hall–Kier alpha value is -8.40. The number of carbonyl (C=O) groups is 8. The summed E-state index contributed by atoms with van der Waals surface area (Å²) in [5.41, 5.74) is 2.59. The van der Waals surface area contributed by atoms with Gasteiger partial charge >= 0.3 is 0 Å². The minimum absolute atomic E-state index is 0.0283. The molecule has 0 fully saturated rings. The SMILES string of the molecule is CN(CCNCCN1C(=O)c2cccc3cccc(c23)C1=O)C(=O)c1cc(C(=O)NCCNCCN2C(=O)c3cccc4cccc(c34)C2=O)cc(N2C(=O)c3cccc4cccc(c34)C2=O)c1. The maximum Gasteiger partial charge on any atom is 0.265 e. The number of amides is 8. The highest BCUT2D eigenvalue weighted by Crippen LogP contribution is 2.35. The number of likely N-dealkylation sites (N-methyl/N-ethyl adjacent to an activating group) is 1. The Kier molecular flexibility index (Phi) is 11.4. The zero-order valence-corrected chi connectivity index (χ0v) is 36.8. The molecule has 0 spiro atoms.